The van der Waals surface area contributed by atoms with Gasteiger partial charge >= 0.3 is 0 Å². The molecule has 1 atom stereocenters. The van der Waals surface area contributed by atoms with E-state index in [0.717, 1.165) is 18.7 Å². The number of nitrogens with one attached hydrogen (secondary N) is 1. The predicted molar refractivity (Wildman–Crippen MR) is 68.0 cm³/mol. The average Bonchev–Trinajstić information content (AvgIpc) is 2.72. The van der Waals surface area contributed by atoms with Crippen LogP contribution in [0.15, 0.2) is 6.20 Å². The Kier molecular flexibility index (Phi) is 3.04. The van der Waals surface area contributed by atoms with E-state index < -0.39 is 5.60 Å². The quantitative estimate of drug-likeness (QED) is 0.806. The number of β-amino-alcohol motifs (C(OH)–C–C–N with tert-alkyl or cyclic N) is 1. The van der Waals surface area contributed by atoms with Gasteiger partial charge in [-0.3, -0.25) is 4.68 Å². The van der Waals surface area contributed by atoms with Crippen LogP contribution in [0.2, 0.25) is 0 Å². The number of aliphatic hydroxyl groups is 1. The minimum Gasteiger partial charge on any atom is -0.388 e. The molecule has 4 heteroatoms. The first-order valence-corrected chi connectivity index (χ1v) is 6.26. The van der Waals surface area contributed by atoms with Crippen LogP contribution in [0, 0.1) is 0 Å². The summed E-state index contributed by atoms with van der Waals surface area (Å²) in [5, 5.41) is 18.2. The molecule has 1 aromatic rings. The van der Waals surface area contributed by atoms with E-state index in [1.165, 1.54) is 5.56 Å². The minimum atomic E-state index is -0.594. The highest BCUT2D eigenvalue weighted by Crippen LogP contribution is 2.28. The van der Waals surface area contributed by atoms with Gasteiger partial charge in [-0.1, -0.05) is 20.8 Å². The molecule has 1 unspecified atom stereocenters. The molecule has 1 aliphatic heterocycles. The summed E-state index contributed by atoms with van der Waals surface area (Å²) < 4.78 is 1.85. The summed E-state index contributed by atoms with van der Waals surface area (Å²) in [6, 6.07) is 0. The standard InChI is InChI=1S/C13H23N3O/c1-12(2,3)11-10(8-16(4)15-11)7-13(17)5-6-14-9-13/h8,14,17H,5-7,9H2,1-4H3. The summed E-state index contributed by atoms with van der Waals surface area (Å²) in [5.74, 6) is 0. The van der Waals surface area contributed by atoms with Crippen molar-refractivity contribution in [3.05, 3.63) is 17.5 Å². The molecule has 2 rings (SSSR count). The van der Waals surface area contributed by atoms with E-state index in [2.05, 4.69) is 31.2 Å². The van der Waals surface area contributed by atoms with Gasteiger partial charge in [-0.05, 0) is 18.5 Å². The van der Waals surface area contributed by atoms with Gasteiger partial charge in [0.1, 0.15) is 0 Å². The minimum absolute atomic E-state index is 0.0268. The van der Waals surface area contributed by atoms with Crippen LogP contribution in [0.5, 0.6) is 0 Å². The Morgan fingerprint density at radius 2 is 2.24 bits per heavy atom. The van der Waals surface area contributed by atoms with Crippen molar-refractivity contribution in [3.63, 3.8) is 0 Å². The molecule has 0 saturated carbocycles. The molecule has 1 saturated heterocycles. The van der Waals surface area contributed by atoms with E-state index in [1.807, 2.05) is 17.9 Å². The number of aromatic nitrogens is 2. The largest absolute Gasteiger partial charge is 0.388 e. The van der Waals surface area contributed by atoms with Gasteiger partial charge in [0.15, 0.2) is 0 Å². The Hall–Kier alpha value is -0.870. The fourth-order valence-corrected chi connectivity index (χ4v) is 2.53. The van der Waals surface area contributed by atoms with Crippen molar-refractivity contribution in [1.29, 1.82) is 0 Å². The second-order valence-electron chi connectivity index (χ2n) is 6.25. The van der Waals surface area contributed by atoms with Crippen LogP contribution in [0.4, 0.5) is 0 Å². The second-order valence-corrected chi connectivity index (χ2v) is 6.25. The van der Waals surface area contributed by atoms with E-state index >= 15 is 0 Å². The van der Waals surface area contributed by atoms with Crippen molar-refractivity contribution >= 4 is 0 Å². The van der Waals surface area contributed by atoms with Gasteiger partial charge in [0.05, 0.1) is 11.3 Å². The van der Waals surface area contributed by atoms with Gasteiger partial charge in [-0.2, -0.15) is 5.10 Å². The van der Waals surface area contributed by atoms with Crippen LogP contribution in [-0.2, 0) is 18.9 Å². The van der Waals surface area contributed by atoms with E-state index in [4.69, 9.17) is 0 Å². The summed E-state index contributed by atoms with van der Waals surface area (Å²) >= 11 is 0. The number of aryl methyl sites for hydroxylation is 1. The SMILES string of the molecule is Cn1cc(CC2(O)CCNC2)c(C(C)(C)C)n1. The molecule has 1 fully saturated rings. The normalized spacial score (nSPS) is 25.5. The molecule has 96 valence electrons. The topological polar surface area (TPSA) is 50.1 Å². The third-order valence-electron chi connectivity index (χ3n) is 3.36. The molecule has 0 aliphatic carbocycles. The number of rotatable bonds is 2. The molecule has 0 bridgehead atoms. The van der Waals surface area contributed by atoms with Crippen LogP contribution in [0.1, 0.15) is 38.4 Å². The first-order chi connectivity index (χ1) is 7.80. The van der Waals surface area contributed by atoms with Crippen LogP contribution < -0.4 is 5.32 Å². The number of hydrogen-bond acceptors (Lipinski definition) is 3. The van der Waals surface area contributed by atoms with Gasteiger partial charge in [-0.15, -0.1) is 0 Å². The van der Waals surface area contributed by atoms with E-state index in [-0.39, 0.29) is 5.41 Å². The molecule has 1 aromatic heterocycles. The van der Waals surface area contributed by atoms with Crippen molar-refractivity contribution < 1.29 is 5.11 Å². The maximum absolute atomic E-state index is 10.4. The zero-order chi connectivity index (χ0) is 12.7. The van der Waals surface area contributed by atoms with E-state index in [1.54, 1.807) is 0 Å². The summed E-state index contributed by atoms with van der Waals surface area (Å²) in [5.41, 5.74) is 1.70. The second kappa shape index (κ2) is 4.10. The third kappa shape index (κ3) is 2.69. The monoisotopic (exact) mass is 237 g/mol. The highest BCUT2D eigenvalue weighted by atomic mass is 16.3. The fraction of sp³-hybridized carbons (Fsp3) is 0.769. The molecular formula is C13H23N3O. The van der Waals surface area contributed by atoms with Gasteiger partial charge in [0.2, 0.25) is 0 Å². The molecule has 17 heavy (non-hydrogen) atoms. The van der Waals surface area contributed by atoms with Crippen molar-refractivity contribution in [2.75, 3.05) is 13.1 Å². The van der Waals surface area contributed by atoms with Crippen molar-refractivity contribution in [3.8, 4) is 0 Å². The van der Waals surface area contributed by atoms with Crippen LogP contribution in [0.3, 0.4) is 0 Å². The third-order valence-corrected chi connectivity index (χ3v) is 3.36. The molecular weight excluding hydrogens is 214 g/mol. The molecule has 2 N–H and O–H groups in total. The Labute approximate surface area is 103 Å². The van der Waals surface area contributed by atoms with Crippen LogP contribution in [0.25, 0.3) is 0 Å². The van der Waals surface area contributed by atoms with Crippen molar-refractivity contribution in [2.24, 2.45) is 7.05 Å². The van der Waals surface area contributed by atoms with E-state index in [0.29, 0.717) is 13.0 Å². The van der Waals surface area contributed by atoms with Crippen LogP contribution >= 0.6 is 0 Å². The zero-order valence-corrected chi connectivity index (χ0v) is 11.2. The van der Waals surface area contributed by atoms with E-state index in [9.17, 15) is 5.11 Å². The fourth-order valence-electron chi connectivity index (χ4n) is 2.53. The number of nitrogens with zero attached hydrogens (tertiary/aromatic N) is 2. The average molecular weight is 237 g/mol. The molecule has 0 amide bonds. The molecule has 1 aliphatic rings. The highest BCUT2D eigenvalue weighted by molar-refractivity contribution is 5.26. The molecule has 0 aromatic carbocycles. The molecule has 0 radical (unpaired) electrons. The smallest absolute Gasteiger partial charge is 0.0824 e. The molecule has 2 heterocycles. The maximum Gasteiger partial charge on any atom is 0.0824 e. The van der Waals surface area contributed by atoms with Gasteiger partial charge in [0, 0.05) is 31.6 Å². The zero-order valence-electron chi connectivity index (χ0n) is 11.2. The Balaban J connectivity index is 2.26. The van der Waals surface area contributed by atoms with Gasteiger partial charge in [-0.25, -0.2) is 0 Å². The Morgan fingerprint density at radius 1 is 1.53 bits per heavy atom. The lowest BCUT2D eigenvalue weighted by Crippen LogP contribution is -2.34. The summed E-state index contributed by atoms with van der Waals surface area (Å²) in [6.07, 6.45) is 3.56. The maximum atomic E-state index is 10.4. The summed E-state index contributed by atoms with van der Waals surface area (Å²) in [7, 11) is 1.94. The van der Waals surface area contributed by atoms with Crippen molar-refractivity contribution in [2.45, 2.75) is 44.6 Å². The van der Waals surface area contributed by atoms with Crippen LogP contribution in [-0.4, -0.2) is 33.6 Å². The lowest BCUT2D eigenvalue weighted by atomic mass is 9.85. The Bertz CT molecular complexity index is 397. The van der Waals surface area contributed by atoms with Gasteiger partial charge in [0.25, 0.3) is 0 Å². The van der Waals surface area contributed by atoms with Crippen molar-refractivity contribution in [1.82, 2.24) is 15.1 Å². The molecule has 0 spiro atoms. The summed E-state index contributed by atoms with van der Waals surface area (Å²) in [4.78, 5) is 0. The number of hydrogen-bond donors (Lipinski definition) is 2. The first-order valence-electron chi connectivity index (χ1n) is 6.26. The highest BCUT2D eigenvalue weighted by Gasteiger charge is 2.34. The summed E-state index contributed by atoms with van der Waals surface area (Å²) in [6.45, 7) is 8.08. The van der Waals surface area contributed by atoms with Gasteiger partial charge < -0.3 is 10.4 Å². The first kappa shape index (κ1) is 12.6. The molecule has 4 nitrogen and oxygen atoms in total. The Morgan fingerprint density at radius 3 is 2.76 bits per heavy atom. The predicted octanol–water partition coefficient (Wildman–Crippen LogP) is 0.984. The lowest BCUT2D eigenvalue weighted by molar-refractivity contribution is 0.0615. The lowest BCUT2D eigenvalue weighted by Gasteiger charge is -2.23.